The van der Waals surface area contributed by atoms with Gasteiger partial charge >= 0.3 is 0 Å². The highest BCUT2D eigenvalue weighted by Crippen LogP contribution is 2.24. The first-order valence-corrected chi connectivity index (χ1v) is 12.9. The minimum atomic E-state index is -0.639. The van der Waals surface area contributed by atoms with Crippen molar-refractivity contribution < 1.29 is 9.59 Å². The number of fused-ring (bicyclic) bond motifs is 1. The number of hydrogen-bond donors (Lipinski definition) is 4. The van der Waals surface area contributed by atoms with E-state index in [0.29, 0.717) is 17.9 Å². The number of nitrogens with zero attached hydrogens (tertiary/aromatic N) is 1. The number of nitrogen functional groups attached to an aromatic ring is 1. The normalized spacial score (nSPS) is 11.7. The molecule has 7 nitrogen and oxygen atoms in total. The average Bonchev–Trinajstić information content (AvgIpc) is 2.99. The molecule has 0 aliphatic carbocycles. The third-order valence-electron chi connectivity index (χ3n) is 6.40. The highest BCUT2D eigenvalue weighted by molar-refractivity contribution is 6.03. The number of carbonyl (C=O) groups is 2. The van der Waals surface area contributed by atoms with Crippen LogP contribution in [-0.4, -0.2) is 16.8 Å². The number of pyridine rings is 1. The Morgan fingerprint density at radius 3 is 2.42 bits per heavy atom. The van der Waals surface area contributed by atoms with Gasteiger partial charge in [-0.15, -0.1) is 0 Å². The van der Waals surface area contributed by atoms with Crippen LogP contribution in [0.4, 0.5) is 17.1 Å². The fourth-order valence-electron chi connectivity index (χ4n) is 4.28. The minimum absolute atomic E-state index is 0.154. The van der Waals surface area contributed by atoms with E-state index in [0.717, 1.165) is 33.3 Å². The van der Waals surface area contributed by atoms with E-state index in [1.165, 1.54) is 6.08 Å². The van der Waals surface area contributed by atoms with E-state index in [9.17, 15) is 9.59 Å². The van der Waals surface area contributed by atoms with Crippen LogP contribution >= 0.6 is 0 Å². The molecule has 2 amide bonds. The lowest BCUT2D eigenvalue weighted by Crippen LogP contribution is -2.33. The molecule has 0 fully saturated rings. The molecule has 198 valence electrons. The maximum atomic E-state index is 13.4. The monoisotopic (exact) mass is 527 g/mol. The first-order valence-electron chi connectivity index (χ1n) is 12.9. The van der Waals surface area contributed by atoms with Crippen molar-refractivity contribution in [3.63, 3.8) is 0 Å². The van der Waals surface area contributed by atoms with Crippen LogP contribution in [0.5, 0.6) is 0 Å². The number of nitrogens with one attached hydrogen (secondary N) is 3. The summed E-state index contributed by atoms with van der Waals surface area (Å²) < 4.78 is 0. The molecule has 0 spiro atoms. The van der Waals surface area contributed by atoms with E-state index in [4.69, 9.17) is 5.73 Å². The minimum Gasteiger partial charge on any atom is -0.397 e. The highest BCUT2D eigenvalue weighted by atomic mass is 16.2. The lowest BCUT2D eigenvalue weighted by Gasteiger charge is -2.20. The summed E-state index contributed by atoms with van der Waals surface area (Å²) in [6.45, 7) is 0.418. The van der Waals surface area contributed by atoms with Crippen molar-refractivity contribution in [3.05, 3.63) is 138 Å². The quantitative estimate of drug-likeness (QED) is 0.140. The molecule has 0 aliphatic rings. The summed E-state index contributed by atoms with van der Waals surface area (Å²) in [4.78, 5) is 30.2. The first-order chi connectivity index (χ1) is 19.5. The van der Waals surface area contributed by atoms with Gasteiger partial charge in [0.1, 0.15) is 6.04 Å². The Kier molecular flexibility index (Phi) is 8.12. The predicted octanol–water partition coefficient (Wildman–Crippen LogP) is 5.94. The zero-order valence-corrected chi connectivity index (χ0v) is 21.7. The molecule has 7 heteroatoms. The second kappa shape index (κ2) is 12.4. The van der Waals surface area contributed by atoms with Crippen molar-refractivity contribution in [1.82, 2.24) is 10.3 Å². The molecular formula is C33H29N5O2. The van der Waals surface area contributed by atoms with Crippen LogP contribution in [0.1, 0.15) is 22.7 Å². The fourth-order valence-corrected chi connectivity index (χ4v) is 4.28. The number of anilines is 3. The number of rotatable bonds is 9. The molecule has 4 aromatic carbocycles. The topological polar surface area (TPSA) is 109 Å². The van der Waals surface area contributed by atoms with Crippen molar-refractivity contribution in [1.29, 1.82) is 0 Å². The molecule has 5 N–H and O–H groups in total. The average molecular weight is 528 g/mol. The van der Waals surface area contributed by atoms with Gasteiger partial charge in [0.25, 0.3) is 0 Å². The molecular weight excluding hydrogens is 498 g/mol. The predicted molar refractivity (Wildman–Crippen MR) is 161 cm³/mol. The standard InChI is InChI=1S/C33H29N5O2/c34-28-10-4-5-11-30(28)38-31(39)19-14-23-12-15-25(16-13-23)32(33(40)36-22-24-7-2-1-3-8-24)37-27-17-18-29-26(21-27)9-6-20-35-29/h1-21,32,37H,22,34H2,(H,36,40)(H,38,39)/b19-14+. The Morgan fingerprint density at radius 2 is 1.62 bits per heavy atom. The van der Waals surface area contributed by atoms with Crippen molar-refractivity contribution in [2.45, 2.75) is 12.6 Å². The number of carbonyl (C=O) groups excluding carboxylic acids is 2. The summed E-state index contributed by atoms with van der Waals surface area (Å²) in [5.74, 6) is -0.439. The number of para-hydroxylation sites is 2. The summed E-state index contributed by atoms with van der Waals surface area (Å²) in [5.41, 5.74) is 11.3. The Morgan fingerprint density at radius 1 is 0.850 bits per heavy atom. The van der Waals surface area contributed by atoms with E-state index in [1.807, 2.05) is 97.1 Å². The molecule has 0 aliphatic heterocycles. The van der Waals surface area contributed by atoms with Gasteiger partial charge in [-0.2, -0.15) is 0 Å². The zero-order chi connectivity index (χ0) is 27.7. The smallest absolute Gasteiger partial charge is 0.248 e. The summed E-state index contributed by atoms with van der Waals surface area (Å²) >= 11 is 0. The van der Waals surface area contributed by atoms with Crippen LogP contribution in [0.15, 0.2) is 121 Å². The molecule has 0 radical (unpaired) electrons. The van der Waals surface area contributed by atoms with E-state index >= 15 is 0 Å². The van der Waals surface area contributed by atoms with Crippen molar-refractivity contribution in [2.24, 2.45) is 0 Å². The maximum absolute atomic E-state index is 13.4. The third-order valence-corrected chi connectivity index (χ3v) is 6.40. The summed E-state index contributed by atoms with van der Waals surface area (Å²) in [6, 6.07) is 33.5. The Balaban J connectivity index is 1.33. The molecule has 0 bridgehead atoms. The fraction of sp³-hybridized carbons (Fsp3) is 0.0606. The molecule has 1 aromatic heterocycles. The molecule has 0 saturated heterocycles. The summed E-state index contributed by atoms with van der Waals surface area (Å²) in [5, 5.41) is 10.2. The van der Waals surface area contributed by atoms with Gasteiger partial charge < -0.3 is 21.7 Å². The SMILES string of the molecule is Nc1ccccc1NC(=O)/C=C/c1ccc(C(Nc2ccc3ncccc3c2)C(=O)NCc2ccccc2)cc1. The Bertz CT molecular complexity index is 1650. The lowest BCUT2D eigenvalue weighted by atomic mass is 10.0. The molecule has 5 rings (SSSR count). The van der Waals surface area contributed by atoms with Gasteiger partial charge in [0, 0.05) is 29.9 Å². The van der Waals surface area contributed by atoms with Crippen molar-refractivity contribution in [2.75, 3.05) is 16.4 Å². The number of aromatic nitrogens is 1. The number of hydrogen-bond acceptors (Lipinski definition) is 5. The molecule has 1 atom stereocenters. The highest BCUT2D eigenvalue weighted by Gasteiger charge is 2.20. The van der Waals surface area contributed by atoms with Gasteiger partial charge in [-0.25, -0.2) is 0 Å². The van der Waals surface area contributed by atoms with Crippen LogP contribution in [0.2, 0.25) is 0 Å². The maximum Gasteiger partial charge on any atom is 0.248 e. The third kappa shape index (κ3) is 6.71. The Labute approximate surface area is 232 Å². The number of nitrogens with two attached hydrogens (primary N) is 1. The first kappa shape index (κ1) is 26.2. The zero-order valence-electron chi connectivity index (χ0n) is 21.7. The Hall–Kier alpha value is -5.43. The van der Waals surface area contributed by atoms with Crippen molar-refractivity contribution >= 4 is 45.9 Å². The van der Waals surface area contributed by atoms with E-state index in [1.54, 1.807) is 24.4 Å². The molecule has 5 aromatic rings. The van der Waals surface area contributed by atoms with E-state index in [-0.39, 0.29) is 11.8 Å². The van der Waals surface area contributed by atoms with Gasteiger partial charge in [-0.05, 0) is 59.2 Å². The second-order valence-corrected chi connectivity index (χ2v) is 9.27. The molecule has 1 unspecified atom stereocenters. The van der Waals surface area contributed by atoms with E-state index < -0.39 is 6.04 Å². The van der Waals surface area contributed by atoms with Gasteiger partial charge in [0.2, 0.25) is 11.8 Å². The molecule has 1 heterocycles. The molecule has 0 saturated carbocycles. The second-order valence-electron chi connectivity index (χ2n) is 9.27. The van der Waals surface area contributed by atoms with Crippen LogP contribution in [0.3, 0.4) is 0 Å². The van der Waals surface area contributed by atoms with Gasteiger partial charge in [-0.1, -0.05) is 72.8 Å². The van der Waals surface area contributed by atoms with Crippen LogP contribution in [-0.2, 0) is 16.1 Å². The summed E-state index contributed by atoms with van der Waals surface area (Å²) in [6.07, 6.45) is 4.92. The van der Waals surface area contributed by atoms with Crippen LogP contribution < -0.4 is 21.7 Å². The van der Waals surface area contributed by atoms with Crippen LogP contribution in [0.25, 0.3) is 17.0 Å². The van der Waals surface area contributed by atoms with Gasteiger partial charge in [-0.3, -0.25) is 14.6 Å². The van der Waals surface area contributed by atoms with E-state index in [2.05, 4.69) is 20.9 Å². The largest absolute Gasteiger partial charge is 0.397 e. The number of benzene rings is 4. The van der Waals surface area contributed by atoms with Gasteiger partial charge in [0.15, 0.2) is 0 Å². The summed E-state index contributed by atoms with van der Waals surface area (Å²) in [7, 11) is 0. The van der Waals surface area contributed by atoms with Crippen LogP contribution in [0, 0.1) is 0 Å². The van der Waals surface area contributed by atoms with Crippen molar-refractivity contribution in [3.8, 4) is 0 Å². The number of amides is 2. The van der Waals surface area contributed by atoms with Gasteiger partial charge in [0.05, 0.1) is 16.9 Å². The molecule has 40 heavy (non-hydrogen) atoms. The lowest BCUT2D eigenvalue weighted by molar-refractivity contribution is -0.122.